The normalized spacial score (nSPS) is 25.7. The average Bonchev–Trinajstić information content (AvgIpc) is 2.96. The third-order valence-electron chi connectivity index (χ3n) is 10.7. The van der Waals surface area contributed by atoms with Crippen molar-refractivity contribution in [1.29, 1.82) is 0 Å². The van der Waals surface area contributed by atoms with Crippen molar-refractivity contribution in [3.8, 4) is 0 Å². The number of hydrogen-bond acceptors (Lipinski definition) is 4. The number of hydrogen-bond donors (Lipinski definition) is 1. The number of nitrogens with zero attached hydrogens (tertiary/aromatic N) is 2. The van der Waals surface area contributed by atoms with Crippen LogP contribution >= 0.6 is 0 Å². The number of amides is 2. The molecule has 1 atom stereocenters. The largest absolute Gasteiger partial charge is 0.478 e. The highest BCUT2D eigenvalue weighted by molar-refractivity contribution is 5.88. The number of carboxylic acids is 1. The molecule has 1 aromatic rings. The fraction of sp³-hybridized carbons (Fsp3) is 0.639. The van der Waals surface area contributed by atoms with Gasteiger partial charge in [-0.25, -0.2) is 9.59 Å². The molecule has 7 nitrogen and oxygen atoms in total. The monoisotopic (exact) mass is 590 g/mol. The zero-order chi connectivity index (χ0) is 31.2. The van der Waals surface area contributed by atoms with Gasteiger partial charge in [-0.3, -0.25) is 4.79 Å². The maximum Gasteiger partial charge on any atom is 0.410 e. The summed E-state index contributed by atoms with van der Waals surface area (Å²) in [5, 5.41) is 9.34. The van der Waals surface area contributed by atoms with E-state index in [0.717, 1.165) is 24.8 Å². The topological polar surface area (TPSA) is 87.2 Å². The zero-order valence-electron chi connectivity index (χ0n) is 27.0. The second-order valence-corrected chi connectivity index (χ2v) is 15.2. The Labute approximate surface area is 257 Å². The van der Waals surface area contributed by atoms with E-state index in [4.69, 9.17) is 4.74 Å². The lowest BCUT2D eigenvalue weighted by Crippen LogP contribution is -2.58. The van der Waals surface area contributed by atoms with Crippen LogP contribution in [0.5, 0.6) is 0 Å². The Kier molecular flexibility index (Phi) is 8.34. The quantitative estimate of drug-likeness (QED) is 0.366. The van der Waals surface area contributed by atoms with Gasteiger partial charge in [0.15, 0.2) is 0 Å². The van der Waals surface area contributed by atoms with E-state index in [2.05, 4.69) is 37.8 Å². The second-order valence-electron chi connectivity index (χ2n) is 15.2. The predicted octanol–water partition coefficient (Wildman–Crippen LogP) is 7.57. The summed E-state index contributed by atoms with van der Waals surface area (Å²) < 4.78 is 5.67. The third-order valence-corrected chi connectivity index (χ3v) is 10.7. The minimum Gasteiger partial charge on any atom is -0.478 e. The van der Waals surface area contributed by atoms with Crippen LogP contribution in [0.4, 0.5) is 4.79 Å². The highest BCUT2D eigenvalue weighted by Crippen LogP contribution is 2.56. The first kappa shape index (κ1) is 31.3. The molecule has 2 heterocycles. The van der Waals surface area contributed by atoms with Crippen molar-refractivity contribution in [2.24, 2.45) is 22.2 Å². The molecule has 1 saturated heterocycles. The van der Waals surface area contributed by atoms with E-state index in [1.807, 2.05) is 32.9 Å². The summed E-state index contributed by atoms with van der Waals surface area (Å²) in [7, 11) is 0. The maximum atomic E-state index is 14.7. The molecule has 1 aromatic carbocycles. The molecule has 0 radical (unpaired) electrons. The average molecular weight is 591 g/mol. The molecule has 1 saturated carbocycles. The summed E-state index contributed by atoms with van der Waals surface area (Å²) in [5.41, 5.74) is 2.51. The van der Waals surface area contributed by atoms with Crippen molar-refractivity contribution in [3.63, 3.8) is 0 Å². The van der Waals surface area contributed by atoms with E-state index in [0.29, 0.717) is 44.9 Å². The van der Waals surface area contributed by atoms with Crippen LogP contribution in [-0.2, 0) is 9.53 Å². The molecular weight excluding hydrogens is 540 g/mol. The van der Waals surface area contributed by atoms with E-state index in [9.17, 15) is 19.5 Å². The number of piperidine rings is 1. The second kappa shape index (κ2) is 11.4. The number of ether oxygens (including phenoxy) is 1. The minimum atomic E-state index is -0.919. The third kappa shape index (κ3) is 6.01. The number of aromatic carboxylic acids is 1. The molecule has 2 aliphatic heterocycles. The van der Waals surface area contributed by atoms with Crippen molar-refractivity contribution >= 4 is 23.5 Å². The van der Waals surface area contributed by atoms with E-state index in [-0.39, 0.29) is 28.4 Å². The highest BCUT2D eigenvalue weighted by atomic mass is 16.6. The molecule has 43 heavy (non-hydrogen) atoms. The summed E-state index contributed by atoms with van der Waals surface area (Å²) in [6, 6.07) is 7.18. The Bertz CT molecular complexity index is 1300. The number of carbonyl (C=O) groups is 3. The fourth-order valence-electron chi connectivity index (χ4n) is 8.54. The minimum absolute atomic E-state index is 0.174. The van der Waals surface area contributed by atoms with Crippen LogP contribution < -0.4 is 0 Å². The molecule has 0 spiro atoms. The Morgan fingerprint density at radius 3 is 2.12 bits per heavy atom. The van der Waals surface area contributed by atoms with Gasteiger partial charge in [0.2, 0.25) is 5.91 Å². The standard InChI is InChI=1S/C36H50N2O5/c1-33(2,3)43-32(42)37-22-19-36(20-23-37,27-10-8-7-9-11-27)31(41)38-21-17-29-34(4,5)28(16-18-35(29,6)24-38)25-12-14-26(15-13-25)30(39)40/h12-17,27H,7-11,18-24H2,1-6H3,(H,39,40)/t35-/m1/s1. The number of rotatable bonds is 4. The van der Waals surface area contributed by atoms with Crippen molar-refractivity contribution in [2.45, 2.75) is 98.5 Å². The Balaban J connectivity index is 1.37. The molecule has 7 heteroatoms. The van der Waals surface area contributed by atoms with E-state index in [1.54, 1.807) is 17.0 Å². The Morgan fingerprint density at radius 1 is 0.907 bits per heavy atom. The van der Waals surface area contributed by atoms with E-state index in [1.165, 1.54) is 30.4 Å². The molecule has 1 N–H and O–H groups in total. The van der Waals surface area contributed by atoms with Gasteiger partial charge < -0.3 is 19.6 Å². The van der Waals surface area contributed by atoms with Crippen molar-refractivity contribution in [1.82, 2.24) is 9.80 Å². The molecule has 2 fully saturated rings. The first-order valence-corrected chi connectivity index (χ1v) is 16.2. The SMILES string of the molecule is CC(C)(C)OC(=O)N1CCC(C(=O)N2CC=C3C(C)(C)C(c4ccc(C(=O)O)cc4)=CC[C@]3(C)C2)(C2CCCCC2)CC1. The fourth-order valence-corrected chi connectivity index (χ4v) is 8.54. The molecule has 0 unspecified atom stereocenters. The molecule has 0 aromatic heterocycles. The highest BCUT2D eigenvalue weighted by Gasteiger charge is 2.53. The first-order valence-electron chi connectivity index (χ1n) is 16.2. The van der Waals surface area contributed by atoms with Gasteiger partial charge in [-0.1, -0.05) is 69.9 Å². The number of carboxylic acid groups (broad SMARTS) is 1. The van der Waals surface area contributed by atoms with Gasteiger partial charge in [-0.05, 0) is 82.1 Å². The number of fused-ring (bicyclic) bond motifs is 1. The van der Waals surface area contributed by atoms with Crippen LogP contribution in [0.1, 0.15) is 109 Å². The van der Waals surface area contributed by atoms with E-state index < -0.39 is 17.0 Å². The number of benzene rings is 1. The summed E-state index contributed by atoms with van der Waals surface area (Å²) in [5.74, 6) is -0.287. The molecule has 0 bridgehead atoms. The summed E-state index contributed by atoms with van der Waals surface area (Å²) in [6.07, 6.45) is 12.3. The lowest BCUT2D eigenvalue weighted by atomic mass is 9.57. The maximum absolute atomic E-state index is 14.7. The van der Waals surface area contributed by atoms with Crippen molar-refractivity contribution < 1.29 is 24.2 Å². The van der Waals surface area contributed by atoms with Gasteiger partial charge in [-0.15, -0.1) is 0 Å². The molecule has 234 valence electrons. The number of likely N-dealkylation sites (tertiary alicyclic amines) is 1. The lowest BCUT2D eigenvalue weighted by Gasteiger charge is -2.53. The van der Waals surface area contributed by atoms with Crippen LogP contribution in [0.2, 0.25) is 0 Å². The lowest BCUT2D eigenvalue weighted by molar-refractivity contribution is -0.152. The first-order chi connectivity index (χ1) is 20.2. The van der Waals surface area contributed by atoms with Gasteiger partial charge in [0.25, 0.3) is 0 Å². The Morgan fingerprint density at radius 2 is 1.53 bits per heavy atom. The van der Waals surface area contributed by atoms with Crippen LogP contribution in [0.25, 0.3) is 5.57 Å². The van der Waals surface area contributed by atoms with Gasteiger partial charge in [0.05, 0.1) is 11.0 Å². The Hall–Kier alpha value is -3.09. The van der Waals surface area contributed by atoms with Gasteiger partial charge in [0, 0.05) is 37.0 Å². The van der Waals surface area contributed by atoms with Crippen LogP contribution in [0.3, 0.4) is 0 Å². The number of allylic oxidation sites excluding steroid dienone is 2. The predicted molar refractivity (Wildman–Crippen MR) is 169 cm³/mol. The van der Waals surface area contributed by atoms with E-state index >= 15 is 0 Å². The zero-order valence-corrected chi connectivity index (χ0v) is 27.0. The smallest absolute Gasteiger partial charge is 0.410 e. The summed E-state index contributed by atoms with van der Waals surface area (Å²) in [4.78, 5) is 42.9. The number of carbonyl (C=O) groups excluding carboxylic acids is 2. The van der Waals surface area contributed by atoms with Crippen LogP contribution in [-0.4, -0.2) is 64.7 Å². The van der Waals surface area contributed by atoms with Gasteiger partial charge >= 0.3 is 12.1 Å². The molecule has 2 amide bonds. The summed E-state index contributed by atoms with van der Waals surface area (Å²) >= 11 is 0. The molecule has 2 aliphatic carbocycles. The van der Waals surface area contributed by atoms with Crippen LogP contribution in [0.15, 0.2) is 42.0 Å². The van der Waals surface area contributed by atoms with Crippen molar-refractivity contribution in [2.75, 3.05) is 26.2 Å². The van der Waals surface area contributed by atoms with Crippen LogP contribution in [0, 0.1) is 22.2 Å². The molecule has 5 rings (SSSR count). The van der Waals surface area contributed by atoms with Crippen molar-refractivity contribution in [3.05, 3.63) is 53.1 Å². The van der Waals surface area contributed by atoms with Gasteiger partial charge in [-0.2, -0.15) is 0 Å². The molecular formula is C36H50N2O5. The molecule has 4 aliphatic rings. The summed E-state index contributed by atoms with van der Waals surface area (Å²) in [6.45, 7) is 14.9. The van der Waals surface area contributed by atoms with Gasteiger partial charge in [0.1, 0.15) is 5.60 Å².